The van der Waals surface area contributed by atoms with E-state index in [1.165, 1.54) is 75.3 Å². The lowest BCUT2D eigenvalue weighted by Gasteiger charge is -2.44. The van der Waals surface area contributed by atoms with Gasteiger partial charge in [-0.1, -0.05) is 147 Å². The average Bonchev–Trinajstić information content (AvgIpc) is 3.77. The first-order chi connectivity index (χ1) is 26.3. The Morgan fingerprint density at radius 2 is 1.04 bits per heavy atom. The van der Waals surface area contributed by atoms with Gasteiger partial charge in [0.2, 0.25) is 0 Å². The van der Waals surface area contributed by atoms with Gasteiger partial charge in [0.1, 0.15) is 0 Å². The fraction of sp³-hybridized carbons (Fsp3) is 0.407. The zero-order chi connectivity index (χ0) is 39.5. The van der Waals surface area contributed by atoms with Crippen molar-refractivity contribution in [2.75, 3.05) is 0 Å². The highest BCUT2D eigenvalue weighted by Crippen LogP contribution is 2.60. The Bertz CT molecular complexity index is 2620. The maximum atomic E-state index is 2.75. The largest absolute Gasteiger partial charge is 0.344 e. The number of benzene rings is 5. The van der Waals surface area contributed by atoms with Gasteiger partial charge in [-0.3, -0.25) is 0 Å². The molecule has 1 atom stereocenters. The molecule has 56 heavy (non-hydrogen) atoms. The van der Waals surface area contributed by atoms with Crippen LogP contribution < -0.4 is 0 Å². The zero-order valence-corrected chi connectivity index (χ0v) is 37.1. The second-order valence-corrected chi connectivity index (χ2v) is 26.5. The van der Waals surface area contributed by atoms with Crippen molar-refractivity contribution >= 4 is 36.0 Å². The number of aryl methyl sites for hydroxylation is 1. The highest BCUT2D eigenvalue weighted by Gasteiger charge is 2.51. The van der Waals surface area contributed by atoms with Crippen LogP contribution in [0.4, 0.5) is 0 Å². The molecule has 0 saturated heterocycles. The molecular formula is C54H61NSi. The predicted molar refractivity (Wildman–Crippen MR) is 244 cm³/mol. The van der Waals surface area contributed by atoms with Crippen molar-refractivity contribution in [1.29, 1.82) is 0 Å². The van der Waals surface area contributed by atoms with Crippen LogP contribution in [0.25, 0.3) is 50.1 Å². The number of nitrogens with zero attached hydrogens (tertiary/aromatic N) is 1. The van der Waals surface area contributed by atoms with Gasteiger partial charge in [-0.2, -0.15) is 0 Å². The Labute approximate surface area is 337 Å². The maximum absolute atomic E-state index is 2.75. The van der Waals surface area contributed by atoms with E-state index in [-0.39, 0.29) is 21.7 Å². The lowest BCUT2D eigenvalue weighted by atomic mass is 9.62. The molecule has 5 aromatic carbocycles. The van der Waals surface area contributed by atoms with Gasteiger partial charge in [0.05, 0.1) is 8.07 Å². The van der Waals surface area contributed by atoms with Crippen LogP contribution in [0.2, 0.25) is 13.1 Å². The number of fused-ring (bicyclic) bond motifs is 9. The molecule has 1 heterocycles. The van der Waals surface area contributed by atoms with Gasteiger partial charge in [0.15, 0.2) is 0 Å². The first kappa shape index (κ1) is 36.2. The monoisotopic (exact) mass is 751 g/mol. The molecule has 1 unspecified atom stereocenters. The molecule has 0 spiro atoms. The van der Waals surface area contributed by atoms with Crippen molar-refractivity contribution in [3.63, 3.8) is 0 Å². The summed E-state index contributed by atoms with van der Waals surface area (Å²) in [6, 6.07) is 34.1. The second-order valence-electron chi connectivity index (χ2n) is 21.7. The molecule has 0 bridgehead atoms. The number of para-hydroxylation sites is 1. The summed E-state index contributed by atoms with van der Waals surface area (Å²) in [5.74, 6) is 0. The quantitative estimate of drug-likeness (QED) is 0.159. The minimum atomic E-state index is -2.18. The van der Waals surface area contributed by atoms with Gasteiger partial charge >= 0.3 is 0 Å². The number of aromatic nitrogens is 1. The normalized spacial score (nSPS) is 21.4. The van der Waals surface area contributed by atoms with Crippen molar-refractivity contribution in [2.45, 2.75) is 134 Å². The van der Waals surface area contributed by atoms with Gasteiger partial charge in [0, 0.05) is 39.9 Å². The predicted octanol–water partition coefficient (Wildman–Crippen LogP) is 14.8. The van der Waals surface area contributed by atoms with Crippen LogP contribution in [0.3, 0.4) is 0 Å². The third-order valence-corrected chi connectivity index (χ3v) is 20.3. The SMILES string of the molecule is CC1=Cc2c(-c3ccc4c(c3)c3ccccc3n4C)cccc2C1[Si](C)(C)C1c2cc3c(cc2-c2cc4c(cc21)C(C)(C)CCC4(C)C)C(C)(C)CCC3(C)C. The van der Waals surface area contributed by atoms with E-state index in [1.807, 2.05) is 0 Å². The van der Waals surface area contributed by atoms with Gasteiger partial charge in [-0.25, -0.2) is 0 Å². The van der Waals surface area contributed by atoms with E-state index in [0.29, 0.717) is 11.1 Å². The van der Waals surface area contributed by atoms with E-state index < -0.39 is 8.07 Å². The third-order valence-electron chi connectivity index (χ3n) is 15.9. The smallest absolute Gasteiger partial charge is 0.0726 e. The van der Waals surface area contributed by atoms with Crippen molar-refractivity contribution in [3.05, 3.63) is 135 Å². The summed E-state index contributed by atoms with van der Waals surface area (Å²) in [5.41, 5.74) is 24.0. The Kier molecular flexibility index (Phi) is 7.44. The Hall–Kier alpha value is -4.14. The maximum Gasteiger partial charge on any atom is 0.0726 e. The van der Waals surface area contributed by atoms with E-state index in [9.17, 15) is 0 Å². The first-order valence-electron chi connectivity index (χ1n) is 21.5. The average molecular weight is 752 g/mol. The number of rotatable bonds is 3. The van der Waals surface area contributed by atoms with Gasteiger partial charge in [-0.15, -0.1) is 0 Å². The van der Waals surface area contributed by atoms with Crippen LogP contribution in [0.1, 0.15) is 144 Å². The molecule has 0 radical (unpaired) electrons. The topological polar surface area (TPSA) is 4.93 Å². The second kappa shape index (κ2) is 11.5. The molecule has 4 aliphatic rings. The third kappa shape index (κ3) is 4.90. The molecule has 4 aliphatic carbocycles. The Morgan fingerprint density at radius 1 is 0.518 bits per heavy atom. The van der Waals surface area contributed by atoms with E-state index in [0.717, 1.165) is 0 Å². The van der Waals surface area contributed by atoms with Crippen molar-refractivity contribution < 1.29 is 0 Å². The van der Waals surface area contributed by atoms with Crippen LogP contribution in [0, 0.1) is 0 Å². The summed E-state index contributed by atoms with van der Waals surface area (Å²) in [6.45, 7) is 28.0. The van der Waals surface area contributed by atoms with Crippen molar-refractivity contribution in [2.24, 2.45) is 7.05 Å². The number of allylic oxidation sites excluding steroid dienone is 1. The standard InChI is InChI=1S/C54H61NSi/c1-32-26-37-34(33-20-21-48-40(27-33)35-16-13-14-19-47(35)55(48)10)17-15-18-36(37)49(32)56(11,12)50-41-30-45-43(51(2,3)22-24-53(45,6)7)28-38(41)39-29-44-46(31-42(39)50)54(8,9)25-23-52(44,4)5/h13-21,26-31,49-50H,22-25H2,1-12H3. The van der Waals surface area contributed by atoms with Crippen molar-refractivity contribution in [1.82, 2.24) is 4.57 Å². The highest BCUT2D eigenvalue weighted by molar-refractivity contribution is 6.82. The van der Waals surface area contributed by atoms with Crippen molar-refractivity contribution in [3.8, 4) is 22.3 Å². The van der Waals surface area contributed by atoms with E-state index in [1.54, 1.807) is 44.5 Å². The van der Waals surface area contributed by atoms with Crippen LogP contribution in [-0.4, -0.2) is 12.6 Å². The summed E-state index contributed by atoms with van der Waals surface area (Å²) in [6.07, 6.45) is 7.54. The first-order valence-corrected chi connectivity index (χ1v) is 24.6. The molecule has 0 aliphatic heterocycles. The molecule has 10 rings (SSSR count). The fourth-order valence-corrected chi connectivity index (χ4v) is 17.2. The lowest BCUT2D eigenvalue weighted by Crippen LogP contribution is -2.43. The van der Waals surface area contributed by atoms with Crippen LogP contribution in [-0.2, 0) is 28.7 Å². The van der Waals surface area contributed by atoms with E-state index in [4.69, 9.17) is 0 Å². The molecule has 0 saturated carbocycles. The zero-order valence-electron chi connectivity index (χ0n) is 36.1. The number of hydrogen-bond donors (Lipinski definition) is 0. The van der Waals surface area contributed by atoms with Gasteiger partial charge < -0.3 is 4.57 Å². The van der Waals surface area contributed by atoms with E-state index >= 15 is 0 Å². The lowest BCUT2D eigenvalue weighted by molar-refractivity contribution is 0.331. The molecule has 6 aromatic rings. The minimum Gasteiger partial charge on any atom is -0.344 e. The molecule has 0 amide bonds. The Morgan fingerprint density at radius 3 is 1.61 bits per heavy atom. The summed E-state index contributed by atoms with van der Waals surface area (Å²) in [5, 5.41) is 2.67. The van der Waals surface area contributed by atoms with Gasteiger partial charge in [-0.05, 0) is 139 Å². The molecule has 1 nitrogen and oxygen atoms in total. The fourth-order valence-electron chi connectivity index (χ4n) is 12.5. The number of hydrogen-bond acceptors (Lipinski definition) is 0. The summed E-state index contributed by atoms with van der Waals surface area (Å²) in [4.78, 5) is 0. The molecule has 1 aromatic heterocycles. The summed E-state index contributed by atoms with van der Waals surface area (Å²) >= 11 is 0. The minimum absolute atomic E-state index is 0.171. The molecular weight excluding hydrogens is 691 g/mol. The van der Waals surface area contributed by atoms with Gasteiger partial charge in [0.25, 0.3) is 0 Å². The van der Waals surface area contributed by atoms with Crippen LogP contribution in [0.15, 0.2) is 90.5 Å². The Balaban J connectivity index is 1.17. The summed E-state index contributed by atoms with van der Waals surface area (Å²) < 4.78 is 2.34. The summed E-state index contributed by atoms with van der Waals surface area (Å²) in [7, 11) is 0.0164. The highest BCUT2D eigenvalue weighted by atomic mass is 28.3. The van der Waals surface area contributed by atoms with Crippen LogP contribution in [0.5, 0.6) is 0 Å². The molecule has 0 fully saturated rings. The van der Waals surface area contributed by atoms with E-state index in [2.05, 4.69) is 178 Å². The molecule has 0 N–H and O–H groups in total. The molecule has 286 valence electrons. The molecule has 2 heteroatoms. The van der Waals surface area contributed by atoms with Crippen LogP contribution >= 0.6 is 0 Å².